The van der Waals surface area contributed by atoms with Crippen LogP contribution in [0.1, 0.15) is 48.0 Å². The fourth-order valence-corrected chi connectivity index (χ4v) is 4.26. The SMILES string of the molecule is CCn1c(SCc2ccccc2C)nnc1C(C)Oc1cc(C)cc(C)c1. The Morgan fingerprint density at radius 3 is 2.41 bits per heavy atom. The molecule has 3 aromatic rings. The molecule has 1 atom stereocenters. The van der Waals surface area contributed by atoms with E-state index >= 15 is 0 Å². The lowest BCUT2D eigenvalue weighted by Gasteiger charge is -2.16. The molecule has 0 fully saturated rings. The van der Waals surface area contributed by atoms with E-state index in [0.717, 1.165) is 29.0 Å². The van der Waals surface area contributed by atoms with Crippen molar-refractivity contribution in [1.29, 1.82) is 0 Å². The standard InChI is InChI=1S/C22H27N3OS/c1-6-25-21(18(5)26-20-12-15(2)11-16(3)13-20)23-24-22(25)27-14-19-10-8-7-9-17(19)4/h7-13,18H,6,14H2,1-5H3. The highest BCUT2D eigenvalue weighted by Gasteiger charge is 2.19. The van der Waals surface area contributed by atoms with Gasteiger partial charge in [0.05, 0.1) is 0 Å². The highest BCUT2D eigenvalue weighted by Crippen LogP contribution is 2.28. The lowest BCUT2D eigenvalue weighted by Crippen LogP contribution is -2.12. The summed E-state index contributed by atoms with van der Waals surface area (Å²) in [6.07, 6.45) is -0.161. The molecule has 142 valence electrons. The van der Waals surface area contributed by atoms with Crippen LogP contribution in [0.15, 0.2) is 47.6 Å². The number of aryl methyl sites for hydroxylation is 3. The van der Waals surface area contributed by atoms with E-state index in [9.17, 15) is 0 Å². The van der Waals surface area contributed by atoms with Crippen LogP contribution in [0.4, 0.5) is 0 Å². The van der Waals surface area contributed by atoms with Gasteiger partial charge in [-0.2, -0.15) is 0 Å². The highest BCUT2D eigenvalue weighted by molar-refractivity contribution is 7.98. The smallest absolute Gasteiger partial charge is 0.191 e. The lowest BCUT2D eigenvalue weighted by molar-refractivity contribution is 0.209. The Kier molecular flexibility index (Phi) is 6.22. The van der Waals surface area contributed by atoms with Gasteiger partial charge in [-0.25, -0.2) is 0 Å². The fraction of sp³-hybridized carbons (Fsp3) is 0.364. The first-order chi connectivity index (χ1) is 13.0. The number of ether oxygens (including phenoxy) is 1. The Balaban J connectivity index is 1.75. The van der Waals surface area contributed by atoms with Crippen molar-refractivity contribution < 1.29 is 4.74 Å². The maximum atomic E-state index is 6.17. The fourth-order valence-electron chi connectivity index (χ4n) is 3.18. The molecule has 0 N–H and O–H groups in total. The molecule has 0 spiro atoms. The summed E-state index contributed by atoms with van der Waals surface area (Å²) in [5.41, 5.74) is 5.03. The summed E-state index contributed by atoms with van der Waals surface area (Å²) in [6.45, 7) is 11.3. The van der Waals surface area contributed by atoms with Crippen molar-refractivity contribution in [2.45, 2.75) is 58.2 Å². The van der Waals surface area contributed by atoms with E-state index in [-0.39, 0.29) is 6.10 Å². The van der Waals surface area contributed by atoms with Gasteiger partial charge in [0.25, 0.3) is 0 Å². The summed E-state index contributed by atoms with van der Waals surface area (Å²) >= 11 is 1.72. The molecule has 1 aromatic heterocycles. The third kappa shape index (κ3) is 4.72. The van der Waals surface area contributed by atoms with Crippen LogP contribution in [-0.2, 0) is 12.3 Å². The number of hydrogen-bond acceptors (Lipinski definition) is 4. The van der Waals surface area contributed by atoms with Crippen molar-refractivity contribution in [2.24, 2.45) is 0 Å². The molecule has 1 heterocycles. The van der Waals surface area contributed by atoms with Crippen molar-refractivity contribution in [1.82, 2.24) is 14.8 Å². The zero-order chi connectivity index (χ0) is 19.4. The molecule has 3 rings (SSSR count). The van der Waals surface area contributed by atoms with E-state index in [0.29, 0.717) is 0 Å². The van der Waals surface area contributed by atoms with Gasteiger partial charge in [0.2, 0.25) is 0 Å². The summed E-state index contributed by atoms with van der Waals surface area (Å²) in [4.78, 5) is 0. The Hall–Kier alpha value is -2.27. The lowest BCUT2D eigenvalue weighted by atomic mass is 10.1. The average Bonchev–Trinajstić information content (AvgIpc) is 3.03. The molecule has 0 aliphatic rings. The molecule has 0 saturated carbocycles. The number of nitrogens with zero attached hydrogens (tertiary/aromatic N) is 3. The molecule has 0 aliphatic heterocycles. The second-order valence-corrected chi connectivity index (χ2v) is 7.83. The van der Waals surface area contributed by atoms with Gasteiger partial charge in [-0.3, -0.25) is 0 Å². The van der Waals surface area contributed by atoms with Crippen LogP contribution in [0.2, 0.25) is 0 Å². The molecule has 0 saturated heterocycles. The Bertz CT molecular complexity index is 899. The first kappa shape index (κ1) is 19.5. The largest absolute Gasteiger partial charge is 0.483 e. The van der Waals surface area contributed by atoms with Gasteiger partial charge in [0, 0.05) is 12.3 Å². The Morgan fingerprint density at radius 2 is 1.74 bits per heavy atom. The molecule has 0 radical (unpaired) electrons. The maximum absolute atomic E-state index is 6.17. The highest BCUT2D eigenvalue weighted by atomic mass is 32.2. The molecule has 0 aliphatic carbocycles. The van der Waals surface area contributed by atoms with Crippen molar-refractivity contribution in [3.8, 4) is 5.75 Å². The number of aromatic nitrogens is 3. The second kappa shape index (κ2) is 8.61. The summed E-state index contributed by atoms with van der Waals surface area (Å²) < 4.78 is 8.32. The van der Waals surface area contributed by atoms with Gasteiger partial charge in [0.1, 0.15) is 5.75 Å². The summed E-state index contributed by atoms with van der Waals surface area (Å²) in [7, 11) is 0. The minimum Gasteiger partial charge on any atom is -0.483 e. The third-order valence-electron chi connectivity index (χ3n) is 4.55. The van der Waals surface area contributed by atoms with E-state index < -0.39 is 0 Å². The van der Waals surface area contributed by atoms with Gasteiger partial charge in [-0.15, -0.1) is 10.2 Å². The number of hydrogen-bond donors (Lipinski definition) is 0. The Morgan fingerprint density at radius 1 is 1.04 bits per heavy atom. The number of rotatable bonds is 7. The van der Waals surface area contributed by atoms with Crippen molar-refractivity contribution in [3.05, 3.63) is 70.5 Å². The zero-order valence-electron chi connectivity index (χ0n) is 16.7. The second-order valence-electron chi connectivity index (χ2n) is 6.88. The third-order valence-corrected chi connectivity index (χ3v) is 5.57. The molecule has 5 heteroatoms. The molecular formula is C22H27N3OS. The molecular weight excluding hydrogens is 354 g/mol. The molecule has 0 amide bonds. The van der Waals surface area contributed by atoms with Gasteiger partial charge in [0.15, 0.2) is 17.1 Å². The molecule has 2 aromatic carbocycles. The van der Waals surface area contributed by atoms with E-state index in [4.69, 9.17) is 4.74 Å². The van der Waals surface area contributed by atoms with Gasteiger partial charge in [-0.05, 0) is 69.0 Å². The molecule has 4 nitrogen and oxygen atoms in total. The molecule has 27 heavy (non-hydrogen) atoms. The minimum absolute atomic E-state index is 0.161. The van der Waals surface area contributed by atoms with E-state index in [1.54, 1.807) is 11.8 Å². The number of thioether (sulfide) groups is 1. The Labute approximate surface area is 166 Å². The quantitative estimate of drug-likeness (QED) is 0.495. The van der Waals surface area contributed by atoms with Crippen LogP contribution in [0, 0.1) is 20.8 Å². The summed E-state index contributed by atoms with van der Waals surface area (Å²) in [5.74, 6) is 2.63. The minimum atomic E-state index is -0.161. The van der Waals surface area contributed by atoms with Crippen LogP contribution in [0.5, 0.6) is 5.75 Å². The van der Waals surface area contributed by atoms with E-state index in [1.807, 2.05) is 6.92 Å². The molecule has 1 unspecified atom stereocenters. The summed E-state index contributed by atoms with van der Waals surface area (Å²) in [6, 6.07) is 14.7. The number of benzene rings is 2. The van der Waals surface area contributed by atoms with Gasteiger partial charge in [-0.1, -0.05) is 42.1 Å². The normalized spacial score (nSPS) is 12.2. The summed E-state index contributed by atoms with van der Waals surface area (Å²) in [5, 5.41) is 9.79. The van der Waals surface area contributed by atoms with Crippen molar-refractivity contribution in [3.63, 3.8) is 0 Å². The first-order valence-electron chi connectivity index (χ1n) is 9.33. The predicted octanol–water partition coefficient (Wildman–Crippen LogP) is 5.66. The monoisotopic (exact) mass is 381 g/mol. The topological polar surface area (TPSA) is 39.9 Å². The van der Waals surface area contributed by atoms with Crippen LogP contribution in [0.25, 0.3) is 0 Å². The zero-order valence-corrected chi connectivity index (χ0v) is 17.5. The average molecular weight is 382 g/mol. The first-order valence-corrected chi connectivity index (χ1v) is 10.3. The predicted molar refractivity (Wildman–Crippen MR) is 111 cm³/mol. The van der Waals surface area contributed by atoms with E-state index in [1.165, 1.54) is 22.3 Å². The van der Waals surface area contributed by atoms with Gasteiger partial charge < -0.3 is 9.30 Å². The van der Waals surface area contributed by atoms with Crippen LogP contribution < -0.4 is 4.74 Å². The van der Waals surface area contributed by atoms with Crippen LogP contribution in [-0.4, -0.2) is 14.8 Å². The van der Waals surface area contributed by atoms with Gasteiger partial charge >= 0.3 is 0 Å². The van der Waals surface area contributed by atoms with E-state index in [2.05, 4.69) is 84.9 Å². The van der Waals surface area contributed by atoms with Crippen molar-refractivity contribution >= 4 is 11.8 Å². The van der Waals surface area contributed by atoms with Crippen LogP contribution >= 0.6 is 11.8 Å². The maximum Gasteiger partial charge on any atom is 0.191 e. The molecule has 0 bridgehead atoms. The van der Waals surface area contributed by atoms with Crippen LogP contribution in [0.3, 0.4) is 0 Å². The van der Waals surface area contributed by atoms with Crippen molar-refractivity contribution in [2.75, 3.05) is 0 Å².